The van der Waals surface area contributed by atoms with Crippen LogP contribution in [0.5, 0.6) is 0 Å². The van der Waals surface area contributed by atoms with Crippen LogP contribution in [0.1, 0.15) is 49.4 Å². The van der Waals surface area contributed by atoms with E-state index in [-0.39, 0.29) is 11.5 Å². The molecule has 30 heavy (non-hydrogen) atoms. The fourth-order valence-electron chi connectivity index (χ4n) is 5.51. The van der Waals surface area contributed by atoms with Crippen molar-refractivity contribution in [3.05, 3.63) is 78.1 Å². The molecule has 1 unspecified atom stereocenters. The van der Waals surface area contributed by atoms with E-state index >= 15 is 0 Å². The molecule has 154 valence electrons. The van der Waals surface area contributed by atoms with E-state index in [9.17, 15) is 4.79 Å². The molecule has 1 aliphatic carbocycles. The summed E-state index contributed by atoms with van der Waals surface area (Å²) in [6.45, 7) is 3.71. The minimum Gasteiger partial charge on any atom is -0.340 e. The smallest absolute Gasteiger partial charge is 0.233 e. The van der Waals surface area contributed by atoms with Gasteiger partial charge in [-0.3, -0.25) is 4.79 Å². The molecule has 4 heteroatoms. The Morgan fingerprint density at radius 1 is 1.00 bits per heavy atom. The minimum atomic E-state index is -0.331. The van der Waals surface area contributed by atoms with Crippen LogP contribution in [0.2, 0.25) is 0 Å². The van der Waals surface area contributed by atoms with Gasteiger partial charge in [0.15, 0.2) is 0 Å². The van der Waals surface area contributed by atoms with Crippen molar-refractivity contribution in [1.29, 1.82) is 0 Å². The number of hydrogen-bond acceptors (Lipinski definition) is 2. The number of carbonyl (C=O) groups is 1. The molecule has 1 aromatic heterocycles. The van der Waals surface area contributed by atoms with Gasteiger partial charge in [-0.1, -0.05) is 73.5 Å². The molecule has 1 aliphatic heterocycles. The number of aryl methyl sites for hydroxylation is 1. The quantitative estimate of drug-likeness (QED) is 0.609. The first kappa shape index (κ1) is 19.1. The van der Waals surface area contributed by atoms with Crippen molar-refractivity contribution in [3.63, 3.8) is 0 Å². The van der Waals surface area contributed by atoms with Crippen LogP contribution in [-0.4, -0.2) is 33.4 Å². The zero-order valence-electron chi connectivity index (χ0n) is 17.6. The number of aromatic nitrogens is 2. The fraction of sp³-hybridized carbons (Fsp3) is 0.385. The second-order valence-electron chi connectivity index (χ2n) is 8.81. The van der Waals surface area contributed by atoms with Crippen molar-refractivity contribution < 1.29 is 4.79 Å². The number of nitrogens with zero attached hydrogens (tertiary/aromatic N) is 3. The molecule has 1 amide bonds. The van der Waals surface area contributed by atoms with Gasteiger partial charge in [-0.05, 0) is 31.7 Å². The van der Waals surface area contributed by atoms with Crippen molar-refractivity contribution >= 4 is 5.91 Å². The van der Waals surface area contributed by atoms with Crippen LogP contribution < -0.4 is 0 Å². The van der Waals surface area contributed by atoms with Gasteiger partial charge in [-0.2, -0.15) is 0 Å². The van der Waals surface area contributed by atoms with E-state index in [1.54, 1.807) is 0 Å². The molecule has 3 aromatic rings. The van der Waals surface area contributed by atoms with E-state index in [4.69, 9.17) is 4.98 Å². The van der Waals surface area contributed by atoms with E-state index in [0.717, 1.165) is 62.3 Å². The molecule has 2 heterocycles. The van der Waals surface area contributed by atoms with Crippen LogP contribution in [-0.2, 0) is 10.2 Å². The Balaban J connectivity index is 1.42. The number of likely N-dealkylation sites (tertiary alicyclic amines) is 1. The summed E-state index contributed by atoms with van der Waals surface area (Å²) >= 11 is 0. The molecule has 0 spiro atoms. The maximum atomic E-state index is 13.8. The van der Waals surface area contributed by atoms with Gasteiger partial charge in [-0.15, -0.1) is 0 Å². The summed E-state index contributed by atoms with van der Waals surface area (Å²) in [6, 6.07) is 21.1. The third kappa shape index (κ3) is 3.15. The van der Waals surface area contributed by atoms with E-state index < -0.39 is 0 Å². The van der Waals surface area contributed by atoms with Gasteiger partial charge in [0.05, 0.1) is 11.5 Å². The number of carbonyl (C=O) groups excluding carboxylic acids is 1. The Labute approximate surface area is 178 Å². The molecule has 0 bridgehead atoms. The van der Waals surface area contributed by atoms with Crippen molar-refractivity contribution in [1.82, 2.24) is 14.5 Å². The minimum absolute atomic E-state index is 0.279. The molecule has 1 atom stereocenters. The first-order chi connectivity index (χ1) is 14.7. The first-order valence-electron chi connectivity index (χ1n) is 11.1. The van der Waals surface area contributed by atoms with Crippen LogP contribution in [0.15, 0.2) is 66.9 Å². The molecule has 1 saturated carbocycles. The van der Waals surface area contributed by atoms with Gasteiger partial charge in [0, 0.05) is 30.5 Å². The van der Waals surface area contributed by atoms with Gasteiger partial charge in [0.2, 0.25) is 5.91 Å². The van der Waals surface area contributed by atoms with Gasteiger partial charge in [0.1, 0.15) is 5.82 Å². The molecule has 2 aliphatic rings. The highest BCUT2D eigenvalue weighted by Crippen LogP contribution is 2.44. The summed E-state index contributed by atoms with van der Waals surface area (Å²) in [5.74, 6) is 1.33. The van der Waals surface area contributed by atoms with Gasteiger partial charge in [-0.25, -0.2) is 4.98 Å². The molecule has 0 radical (unpaired) electrons. The lowest BCUT2D eigenvalue weighted by Crippen LogP contribution is -2.44. The summed E-state index contributed by atoms with van der Waals surface area (Å²) in [5.41, 5.74) is 3.15. The molecule has 4 nitrogen and oxygen atoms in total. The first-order valence-corrected chi connectivity index (χ1v) is 11.1. The average molecular weight is 400 g/mol. The second-order valence-corrected chi connectivity index (χ2v) is 8.81. The molecule has 2 fully saturated rings. The van der Waals surface area contributed by atoms with Gasteiger partial charge < -0.3 is 9.47 Å². The number of hydrogen-bond donors (Lipinski definition) is 0. The maximum absolute atomic E-state index is 13.8. The number of benzene rings is 2. The van der Waals surface area contributed by atoms with Crippen molar-refractivity contribution in [3.8, 4) is 11.4 Å². The third-order valence-corrected chi connectivity index (χ3v) is 7.02. The Morgan fingerprint density at radius 3 is 2.37 bits per heavy atom. The van der Waals surface area contributed by atoms with E-state index in [0.29, 0.717) is 5.91 Å². The molecule has 0 N–H and O–H groups in total. The van der Waals surface area contributed by atoms with Crippen molar-refractivity contribution in [2.75, 3.05) is 13.1 Å². The van der Waals surface area contributed by atoms with Crippen molar-refractivity contribution in [2.45, 2.75) is 50.5 Å². The van der Waals surface area contributed by atoms with Crippen LogP contribution in [0.4, 0.5) is 0 Å². The molecule has 2 aromatic carbocycles. The van der Waals surface area contributed by atoms with Gasteiger partial charge >= 0.3 is 0 Å². The standard InChI is InChI=1S/C26H29N3O/c1-20-18-27-24(21-10-4-2-5-11-21)29(20)23-14-17-28(19-23)25(30)26(15-8-9-16-26)22-12-6-3-7-13-22/h2-7,10-13,18,23H,8-9,14-17,19H2,1H3. The Bertz CT molecular complexity index is 1020. The van der Waals surface area contributed by atoms with Gasteiger partial charge in [0.25, 0.3) is 0 Å². The molecule has 5 rings (SSSR count). The highest BCUT2D eigenvalue weighted by atomic mass is 16.2. The highest BCUT2D eigenvalue weighted by molar-refractivity contribution is 5.89. The summed E-state index contributed by atoms with van der Waals surface area (Å²) in [5, 5.41) is 0. The molecular formula is C26H29N3O. The summed E-state index contributed by atoms with van der Waals surface area (Å²) < 4.78 is 2.34. The van der Waals surface area contributed by atoms with Crippen LogP contribution in [0.3, 0.4) is 0 Å². The largest absolute Gasteiger partial charge is 0.340 e. The zero-order valence-corrected chi connectivity index (χ0v) is 17.6. The molecule has 1 saturated heterocycles. The SMILES string of the molecule is Cc1cnc(-c2ccccc2)n1C1CCN(C(=O)C2(c3ccccc3)CCCC2)C1. The molecular weight excluding hydrogens is 370 g/mol. The van der Waals surface area contributed by atoms with E-state index in [1.165, 1.54) is 5.56 Å². The lowest BCUT2D eigenvalue weighted by molar-refractivity contribution is -0.136. The summed E-state index contributed by atoms with van der Waals surface area (Å²) in [7, 11) is 0. The topological polar surface area (TPSA) is 38.1 Å². The lowest BCUT2D eigenvalue weighted by Gasteiger charge is -2.33. The normalized spacial score (nSPS) is 20.6. The Hall–Kier alpha value is -2.88. The average Bonchev–Trinajstić information content (AvgIpc) is 3.54. The second kappa shape index (κ2) is 7.75. The number of rotatable bonds is 4. The van der Waals surface area contributed by atoms with Crippen LogP contribution in [0.25, 0.3) is 11.4 Å². The maximum Gasteiger partial charge on any atom is 0.233 e. The number of imidazole rings is 1. The number of amides is 1. The predicted molar refractivity (Wildman–Crippen MR) is 119 cm³/mol. The van der Waals surface area contributed by atoms with Crippen LogP contribution in [0, 0.1) is 6.92 Å². The van der Waals surface area contributed by atoms with Crippen molar-refractivity contribution in [2.24, 2.45) is 0 Å². The van der Waals surface area contributed by atoms with E-state index in [2.05, 4.69) is 64.9 Å². The predicted octanol–water partition coefficient (Wildman–Crippen LogP) is 5.14. The zero-order chi connectivity index (χ0) is 20.6. The fourth-order valence-corrected chi connectivity index (χ4v) is 5.51. The third-order valence-electron chi connectivity index (χ3n) is 7.02. The summed E-state index contributed by atoms with van der Waals surface area (Å²) in [4.78, 5) is 20.6. The Morgan fingerprint density at radius 2 is 1.67 bits per heavy atom. The Kier molecular flexibility index (Phi) is 4.93. The summed E-state index contributed by atoms with van der Waals surface area (Å²) in [6.07, 6.45) is 7.14. The monoisotopic (exact) mass is 399 g/mol. The van der Waals surface area contributed by atoms with Crippen LogP contribution >= 0.6 is 0 Å². The lowest BCUT2D eigenvalue weighted by atomic mass is 9.77. The highest BCUT2D eigenvalue weighted by Gasteiger charge is 2.46. The van der Waals surface area contributed by atoms with E-state index in [1.807, 2.05) is 18.3 Å².